The highest BCUT2D eigenvalue weighted by Gasteiger charge is 2.14. The van der Waals surface area contributed by atoms with E-state index in [1.54, 1.807) is 30.5 Å². The normalized spacial score (nSPS) is 11.0. The molecule has 0 unspecified atom stereocenters. The number of hydrogen-bond acceptors (Lipinski definition) is 3. The molecule has 120 valence electrons. The Hall–Kier alpha value is -2.14. The first-order valence-corrected chi connectivity index (χ1v) is 7.96. The first-order valence-electron chi connectivity index (χ1n) is 7.16. The Morgan fingerprint density at radius 1 is 1.22 bits per heavy atom. The van der Waals surface area contributed by atoms with Gasteiger partial charge in [0.15, 0.2) is 0 Å². The van der Waals surface area contributed by atoms with Crippen LogP contribution < -0.4 is 5.32 Å². The van der Waals surface area contributed by atoms with E-state index in [4.69, 9.17) is 4.74 Å². The van der Waals surface area contributed by atoms with Crippen LogP contribution in [0.25, 0.3) is 5.76 Å². The minimum absolute atomic E-state index is 0.269. The molecule has 0 atom stereocenters. The zero-order valence-corrected chi connectivity index (χ0v) is 15.0. The Balaban J connectivity index is 2.07. The first kappa shape index (κ1) is 17.2. The molecule has 5 heteroatoms. The highest BCUT2D eigenvalue weighted by atomic mass is 79.9. The van der Waals surface area contributed by atoms with E-state index in [1.165, 1.54) is 0 Å². The molecule has 1 aromatic heterocycles. The first-order chi connectivity index (χ1) is 10.8. The molecule has 0 aliphatic rings. The van der Waals surface area contributed by atoms with E-state index >= 15 is 0 Å². The van der Waals surface area contributed by atoms with Gasteiger partial charge in [-0.15, -0.1) is 0 Å². The smallest absolute Gasteiger partial charge is 0.275 e. The van der Waals surface area contributed by atoms with Crippen LogP contribution in [0.5, 0.6) is 0 Å². The van der Waals surface area contributed by atoms with Crippen LogP contribution in [-0.4, -0.2) is 16.5 Å². The molecule has 1 aromatic carbocycles. The van der Waals surface area contributed by atoms with Gasteiger partial charge < -0.3 is 10.1 Å². The van der Waals surface area contributed by atoms with E-state index in [0.29, 0.717) is 21.6 Å². The summed E-state index contributed by atoms with van der Waals surface area (Å²) in [5.74, 6) is 0.331. The number of nitrogens with zero attached hydrogens (tertiary/aromatic N) is 1. The summed E-state index contributed by atoms with van der Waals surface area (Å²) in [6, 6.07) is 10.9. The van der Waals surface area contributed by atoms with E-state index in [9.17, 15) is 4.79 Å². The number of amides is 1. The van der Waals surface area contributed by atoms with Gasteiger partial charge in [0.25, 0.3) is 5.91 Å². The highest BCUT2D eigenvalue weighted by molar-refractivity contribution is 9.10. The third kappa shape index (κ3) is 4.93. The molecular formula is C18H19BrN2O2. The lowest BCUT2D eigenvalue weighted by Gasteiger charge is -2.23. The third-order valence-corrected chi connectivity index (χ3v) is 3.51. The number of anilines is 1. The Morgan fingerprint density at radius 3 is 2.43 bits per heavy atom. The third-order valence-electron chi connectivity index (χ3n) is 2.87. The number of aromatic nitrogens is 1. The second kappa shape index (κ2) is 6.96. The van der Waals surface area contributed by atoms with E-state index in [0.717, 1.165) is 5.56 Å². The fraction of sp³-hybridized carbons (Fsp3) is 0.222. The van der Waals surface area contributed by atoms with Gasteiger partial charge >= 0.3 is 0 Å². The maximum absolute atomic E-state index is 12.2. The predicted molar refractivity (Wildman–Crippen MR) is 96.2 cm³/mol. The van der Waals surface area contributed by atoms with Crippen molar-refractivity contribution >= 4 is 33.3 Å². The van der Waals surface area contributed by atoms with Gasteiger partial charge in [0, 0.05) is 21.9 Å². The zero-order chi connectivity index (χ0) is 17.0. The summed E-state index contributed by atoms with van der Waals surface area (Å²) in [5, 5.41) is 2.81. The van der Waals surface area contributed by atoms with Crippen LogP contribution in [0.15, 0.2) is 53.6 Å². The van der Waals surface area contributed by atoms with E-state index in [1.807, 2.05) is 32.9 Å². The topological polar surface area (TPSA) is 51.2 Å². The van der Waals surface area contributed by atoms with Crippen molar-refractivity contribution in [2.45, 2.75) is 26.4 Å². The second-order valence-electron chi connectivity index (χ2n) is 6.00. The molecular weight excluding hydrogens is 356 g/mol. The van der Waals surface area contributed by atoms with Gasteiger partial charge in [-0.2, -0.15) is 0 Å². The van der Waals surface area contributed by atoms with Gasteiger partial charge in [0.2, 0.25) is 0 Å². The van der Waals surface area contributed by atoms with Crippen LogP contribution in [0.1, 0.15) is 36.8 Å². The van der Waals surface area contributed by atoms with Gasteiger partial charge in [0.05, 0.1) is 0 Å². The summed E-state index contributed by atoms with van der Waals surface area (Å²) in [4.78, 5) is 16.3. The minimum Gasteiger partial charge on any atom is -0.488 e. The summed E-state index contributed by atoms with van der Waals surface area (Å²) in [5.41, 5.74) is 1.60. The summed E-state index contributed by atoms with van der Waals surface area (Å²) in [6.07, 6.45) is 1.58. The molecule has 23 heavy (non-hydrogen) atoms. The molecule has 0 saturated carbocycles. The molecule has 0 aliphatic heterocycles. The average molecular weight is 375 g/mol. The van der Waals surface area contributed by atoms with Crippen LogP contribution in [0.3, 0.4) is 0 Å². The largest absolute Gasteiger partial charge is 0.488 e. The van der Waals surface area contributed by atoms with Crippen LogP contribution in [0, 0.1) is 0 Å². The predicted octanol–water partition coefficient (Wildman–Crippen LogP) is 4.88. The molecule has 2 aromatic rings. The van der Waals surface area contributed by atoms with Crippen molar-refractivity contribution in [3.8, 4) is 0 Å². The maximum Gasteiger partial charge on any atom is 0.275 e. The monoisotopic (exact) mass is 374 g/mol. The quantitative estimate of drug-likeness (QED) is 0.775. The standard InChI is InChI=1S/C18H19BrN2O2/c1-12(23-18(2,3)4)13-7-9-14(10-8-13)21-17(22)16-15(19)6-5-11-20-16/h5-11H,1H2,2-4H3,(H,21,22). The molecule has 1 amide bonds. The summed E-state index contributed by atoms with van der Waals surface area (Å²) < 4.78 is 6.39. The van der Waals surface area contributed by atoms with Crippen molar-refractivity contribution in [3.63, 3.8) is 0 Å². The van der Waals surface area contributed by atoms with E-state index in [-0.39, 0.29) is 11.5 Å². The molecule has 0 aliphatic carbocycles. The lowest BCUT2D eigenvalue weighted by Crippen LogP contribution is -2.17. The Kier molecular flexibility index (Phi) is 5.21. The molecule has 4 nitrogen and oxygen atoms in total. The number of nitrogens with one attached hydrogen (secondary N) is 1. The van der Waals surface area contributed by atoms with Gasteiger partial charge in [-0.25, -0.2) is 4.98 Å². The molecule has 1 N–H and O–H groups in total. The zero-order valence-electron chi connectivity index (χ0n) is 13.4. The number of rotatable bonds is 4. The van der Waals surface area contributed by atoms with Crippen molar-refractivity contribution in [1.29, 1.82) is 0 Å². The van der Waals surface area contributed by atoms with Crippen molar-refractivity contribution in [1.82, 2.24) is 4.98 Å². The van der Waals surface area contributed by atoms with Crippen molar-refractivity contribution in [3.05, 3.63) is 64.9 Å². The Bertz CT molecular complexity index is 719. The molecule has 0 radical (unpaired) electrons. The molecule has 0 fully saturated rings. The molecule has 0 bridgehead atoms. The van der Waals surface area contributed by atoms with Crippen molar-refractivity contribution in [2.75, 3.05) is 5.32 Å². The number of hydrogen-bond donors (Lipinski definition) is 1. The van der Waals surface area contributed by atoms with E-state index < -0.39 is 0 Å². The highest BCUT2D eigenvalue weighted by Crippen LogP contribution is 2.23. The number of halogens is 1. The maximum atomic E-state index is 12.2. The number of ether oxygens (including phenoxy) is 1. The number of carbonyl (C=O) groups is 1. The lowest BCUT2D eigenvalue weighted by molar-refractivity contribution is 0.0975. The SMILES string of the molecule is C=C(OC(C)(C)C)c1ccc(NC(=O)c2ncccc2Br)cc1. The molecule has 1 heterocycles. The summed E-state index contributed by atoms with van der Waals surface area (Å²) in [7, 11) is 0. The average Bonchev–Trinajstić information content (AvgIpc) is 2.46. The van der Waals surface area contributed by atoms with Crippen molar-refractivity contribution in [2.24, 2.45) is 0 Å². The van der Waals surface area contributed by atoms with Crippen LogP contribution in [0.4, 0.5) is 5.69 Å². The van der Waals surface area contributed by atoms with E-state index in [2.05, 4.69) is 32.8 Å². The summed E-state index contributed by atoms with van der Waals surface area (Å²) >= 11 is 3.32. The molecule has 2 rings (SSSR count). The number of benzene rings is 1. The van der Waals surface area contributed by atoms with Crippen molar-refractivity contribution < 1.29 is 9.53 Å². The second-order valence-corrected chi connectivity index (χ2v) is 6.86. The Labute approximate surface area is 144 Å². The van der Waals surface area contributed by atoms with Crippen LogP contribution in [-0.2, 0) is 4.74 Å². The summed E-state index contributed by atoms with van der Waals surface area (Å²) in [6.45, 7) is 9.84. The van der Waals surface area contributed by atoms with Gasteiger partial charge in [0.1, 0.15) is 17.1 Å². The van der Waals surface area contributed by atoms with Crippen LogP contribution >= 0.6 is 15.9 Å². The number of pyridine rings is 1. The molecule has 0 saturated heterocycles. The molecule has 0 spiro atoms. The van der Waals surface area contributed by atoms with Gasteiger partial charge in [-0.3, -0.25) is 4.79 Å². The number of carbonyl (C=O) groups excluding carboxylic acids is 1. The Morgan fingerprint density at radius 2 is 1.87 bits per heavy atom. The van der Waals surface area contributed by atoms with Gasteiger partial charge in [-0.1, -0.05) is 6.58 Å². The lowest BCUT2D eigenvalue weighted by atomic mass is 10.1. The van der Waals surface area contributed by atoms with Gasteiger partial charge in [-0.05, 0) is 73.1 Å². The minimum atomic E-state index is -0.296. The van der Waals surface area contributed by atoms with Crippen LogP contribution in [0.2, 0.25) is 0 Å². The fourth-order valence-corrected chi connectivity index (χ4v) is 2.35. The fourth-order valence-electron chi connectivity index (χ4n) is 1.91.